The number of thiazole rings is 1. The van der Waals surface area contributed by atoms with Crippen LogP contribution in [0.1, 0.15) is 46.1 Å². The van der Waals surface area contributed by atoms with Crippen molar-refractivity contribution in [1.29, 1.82) is 0 Å². The van der Waals surface area contributed by atoms with Crippen LogP contribution in [0.2, 0.25) is 0 Å². The molecule has 128 valence electrons. The highest BCUT2D eigenvalue weighted by atomic mass is 32.1. The normalized spacial score (nSPS) is 15.9. The van der Waals surface area contributed by atoms with E-state index in [1.165, 1.54) is 0 Å². The molecule has 0 atom stereocenters. The number of aromatic nitrogens is 1. The number of carbonyl (C=O) groups is 1. The van der Waals surface area contributed by atoms with Crippen molar-refractivity contribution >= 4 is 17.2 Å². The van der Waals surface area contributed by atoms with Gasteiger partial charge in [-0.1, -0.05) is 18.2 Å². The third-order valence-electron chi connectivity index (χ3n) is 4.36. The topological polar surface area (TPSA) is 51.7 Å². The van der Waals surface area contributed by atoms with Gasteiger partial charge >= 0.3 is 0 Å². The molecular formula is C18H22N2O3S. The smallest absolute Gasteiger partial charge is 0.253 e. The number of amides is 1. The van der Waals surface area contributed by atoms with Crippen molar-refractivity contribution in [3.63, 3.8) is 0 Å². The predicted octanol–water partition coefficient (Wildman–Crippen LogP) is 3.45. The van der Waals surface area contributed by atoms with Gasteiger partial charge in [-0.05, 0) is 25.0 Å². The molecule has 0 saturated carbocycles. The van der Waals surface area contributed by atoms with Crippen molar-refractivity contribution in [1.82, 2.24) is 9.88 Å². The maximum Gasteiger partial charge on any atom is 0.253 e. The zero-order valence-corrected chi connectivity index (χ0v) is 14.8. The van der Waals surface area contributed by atoms with Gasteiger partial charge in [-0.25, -0.2) is 4.98 Å². The number of rotatable bonds is 5. The van der Waals surface area contributed by atoms with Crippen LogP contribution in [0.25, 0.3) is 0 Å². The molecule has 0 bridgehead atoms. The Hall–Kier alpha value is -1.76. The first-order chi connectivity index (χ1) is 11.7. The summed E-state index contributed by atoms with van der Waals surface area (Å²) in [5.74, 6) is 0.519. The van der Waals surface area contributed by atoms with E-state index < -0.39 is 6.29 Å². The first-order valence-electron chi connectivity index (χ1n) is 8.08. The Labute approximate surface area is 146 Å². The van der Waals surface area contributed by atoms with Gasteiger partial charge < -0.3 is 14.4 Å². The molecule has 1 amide bonds. The first-order valence-corrected chi connectivity index (χ1v) is 8.96. The molecule has 2 heterocycles. The summed E-state index contributed by atoms with van der Waals surface area (Å²) < 4.78 is 10.5. The summed E-state index contributed by atoms with van der Waals surface area (Å²) in [6.45, 7) is 1.54. The summed E-state index contributed by atoms with van der Waals surface area (Å²) in [5.41, 5.74) is 1.58. The molecule has 2 aromatic rings. The predicted molar refractivity (Wildman–Crippen MR) is 93.2 cm³/mol. The van der Waals surface area contributed by atoms with E-state index in [-0.39, 0.29) is 5.91 Å². The molecule has 1 saturated heterocycles. The summed E-state index contributed by atoms with van der Waals surface area (Å²) >= 11 is 1.65. The second-order valence-corrected chi connectivity index (χ2v) is 6.74. The number of benzene rings is 1. The minimum absolute atomic E-state index is 0.118. The summed E-state index contributed by atoms with van der Waals surface area (Å²) in [7, 11) is 3.22. The lowest BCUT2D eigenvalue weighted by molar-refractivity contribution is -0.108. The van der Waals surface area contributed by atoms with E-state index in [1.807, 2.05) is 40.6 Å². The van der Waals surface area contributed by atoms with Crippen molar-refractivity contribution < 1.29 is 14.3 Å². The molecule has 1 aliphatic rings. The number of piperidine rings is 1. The minimum Gasteiger partial charge on any atom is -0.350 e. The molecule has 0 radical (unpaired) electrons. The number of nitrogens with zero attached hydrogens (tertiary/aromatic N) is 2. The Morgan fingerprint density at radius 2 is 1.88 bits per heavy atom. The van der Waals surface area contributed by atoms with Crippen LogP contribution >= 0.6 is 11.3 Å². The second-order valence-electron chi connectivity index (χ2n) is 5.85. The van der Waals surface area contributed by atoms with Crippen LogP contribution in [-0.2, 0) is 9.47 Å². The number of ether oxygens (including phenoxy) is 2. The van der Waals surface area contributed by atoms with Crippen LogP contribution in [0, 0.1) is 0 Å². The minimum atomic E-state index is -0.408. The van der Waals surface area contributed by atoms with Gasteiger partial charge in [0.25, 0.3) is 5.91 Å². The Morgan fingerprint density at radius 1 is 1.21 bits per heavy atom. The van der Waals surface area contributed by atoms with Crippen LogP contribution in [-0.4, -0.2) is 43.1 Å². The van der Waals surface area contributed by atoms with Crippen LogP contribution < -0.4 is 0 Å². The highest BCUT2D eigenvalue weighted by Gasteiger charge is 2.27. The van der Waals surface area contributed by atoms with Crippen molar-refractivity contribution in [3.8, 4) is 0 Å². The molecular weight excluding hydrogens is 324 g/mol. The fourth-order valence-electron chi connectivity index (χ4n) is 3.03. The van der Waals surface area contributed by atoms with Gasteiger partial charge in [0.15, 0.2) is 0 Å². The Bertz CT molecular complexity index is 662. The number of hydrogen-bond donors (Lipinski definition) is 0. The lowest BCUT2D eigenvalue weighted by Gasteiger charge is -2.31. The summed E-state index contributed by atoms with van der Waals surface area (Å²) in [6.07, 6.45) is 1.47. The molecule has 0 aliphatic carbocycles. The zero-order valence-electron chi connectivity index (χ0n) is 14.0. The molecule has 1 aliphatic heterocycles. The van der Waals surface area contributed by atoms with Crippen LogP contribution in [0.4, 0.5) is 0 Å². The monoisotopic (exact) mass is 346 g/mol. The maximum atomic E-state index is 12.5. The average molecular weight is 346 g/mol. The summed E-state index contributed by atoms with van der Waals surface area (Å²) in [5, 5.41) is 3.10. The van der Waals surface area contributed by atoms with Crippen molar-refractivity contribution in [3.05, 3.63) is 52.0 Å². The van der Waals surface area contributed by atoms with E-state index in [9.17, 15) is 4.79 Å². The van der Waals surface area contributed by atoms with Gasteiger partial charge in [0.2, 0.25) is 6.29 Å². The average Bonchev–Trinajstić information content (AvgIpc) is 3.13. The van der Waals surface area contributed by atoms with Crippen molar-refractivity contribution in [2.24, 2.45) is 0 Å². The van der Waals surface area contributed by atoms with E-state index in [0.717, 1.165) is 42.2 Å². The SMILES string of the molecule is COC(OC)c1csc(C2CCN(C(=O)c3ccccc3)CC2)n1. The number of carbonyl (C=O) groups excluding carboxylic acids is 1. The van der Waals surface area contributed by atoms with Gasteiger partial charge in [0.1, 0.15) is 5.69 Å². The molecule has 24 heavy (non-hydrogen) atoms. The highest BCUT2D eigenvalue weighted by molar-refractivity contribution is 7.09. The number of methoxy groups -OCH3 is 2. The molecule has 5 nitrogen and oxygen atoms in total. The summed E-state index contributed by atoms with van der Waals surface area (Å²) in [4.78, 5) is 19.1. The van der Waals surface area contributed by atoms with Crippen molar-refractivity contribution in [2.45, 2.75) is 25.0 Å². The lowest BCUT2D eigenvalue weighted by Crippen LogP contribution is -2.37. The van der Waals surface area contributed by atoms with E-state index >= 15 is 0 Å². The number of likely N-dealkylation sites (tertiary alicyclic amines) is 1. The second kappa shape index (κ2) is 7.88. The Morgan fingerprint density at radius 3 is 2.50 bits per heavy atom. The molecule has 3 rings (SSSR count). The maximum absolute atomic E-state index is 12.5. The van der Waals surface area contributed by atoms with E-state index in [2.05, 4.69) is 4.98 Å². The summed E-state index contributed by atoms with van der Waals surface area (Å²) in [6, 6.07) is 9.48. The van der Waals surface area contributed by atoms with Gasteiger partial charge in [0.05, 0.1) is 5.01 Å². The molecule has 1 aromatic carbocycles. The van der Waals surface area contributed by atoms with Gasteiger partial charge in [0, 0.05) is 44.2 Å². The third-order valence-corrected chi connectivity index (χ3v) is 5.39. The molecule has 1 fully saturated rings. The quantitative estimate of drug-likeness (QED) is 0.778. The Balaban J connectivity index is 1.60. The molecule has 0 spiro atoms. The van der Waals surface area contributed by atoms with Gasteiger partial charge in [-0.2, -0.15) is 0 Å². The Kier molecular flexibility index (Phi) is 5.60. The van der Waals surface area contributed by atoms with E-state index in [1.54, 1.807) is 25.6 Å². The van der Waals surface area contributed by atoms with Gasteiger partial charge in [-0.15, -0.1) is 11.3 Å². The molecule has 0 unspecified atom stereocenters. The van der Waals surface area contributed by atoms with Crippen LogP contribution in [0.5, 0.6) is 0 Å². The largest absolute Gasteiger partial charge is 0.350 e. The molecule has 6 heteroatoms. The van der Waals surface area contributed by atoms with Crippen LogP contribution in [0.15, 0.2) is 35.7 Å². The van der Waals surface area contributed by atoms with Gasteiger partial charge in [-0.3, -0.25) is 4.79 Å². The zero-order chi connectivity index (χ0) is 16.9. The van der Waals surface area contributed by atoms with Crippen LogP contribution in [0.3, 0.4) is 0 Å². The third kappa shape index (κ3) is 3.66. The fourth-order valence-corrected chi connectivity index (χ4v) is 4.02. The number of hydrogen-bond acceptors (Lipinski definition) is 5. The lowest BCUT2D eigenvalue weighted by atomic mass is 9.97. The highest BCUT2D eigenvalue weighted by Crippen LogP contribution is 2.32. The molecule has 1 aromatic heterocycles. The fraction of sp³-hybridized carbons (Fsp3) is 0.444. The van der Waals surface area contributed by atoms with Crippen molar-refractivity contribution in [2.75, 3.05) is 27.3 Å². The molecule has 0 N–H and O–H groups in total. The standard InChI is InChI=1S/C18H22N2O3S/c1-22-18(23-2)15-12-24-16(19-15)13-8-10-20(11-9-13)17(21)14-6-4-3-5-7-14/h3-7,12-13,18H,8-11H2,1-2H3. The van der Waals surface area contributed by atoms with E-state index in [4.69, 9.17) is 9.47 Å². The van der Waals surface area contributed by atoms with E-state index in [0.29, 0.717) is 5.92 Å². The first kappa shape index (κ1) is 17.1.